The second-order valence-electron chi connectivity index (χ2n) is 6.92. The fourth-order valence-corrected chi connectivity index (χ4v) is 4.14. The Balaban J connectivity index is 1.83. The smallest absolute Gasteiger partial charge is 0.0774 e. The van der Waals surface area contributed by atoms with Crippen LogP contribution in [-0.4, -0.2) is 48.8 Å². The summed E-state index contributed by atoms with van der Waals surface area (Å²) in [5.74, 6) is 0.752. The zero-order chi connectivity index (χ0) is 13.7. The second kappa shape index (κ2) is 7.05. The Labute approximate surface area is 118 Å². The molecule has 0 aliphatic heterocycles. The molecule has 3 nitrogen and oxygen atoms in total. The fourth-order valence-electron chi connectivity index (χ4n) is 4.14. The van der Waals surface area contributed by atoms with Crippen molar-refractivity contribution in [2.24, 2.45) is 5.92 Å². The number of nitrogens with zero attached hydrogens (tertiary/aromatic N) is 1. The molecule has 0 amide bonds. The molecule has 2 unspecified atom stereocenters. The van der Waals surface area contributed by atoms with Crippen molar-refractivity contribution in [3.05, 3.63) is 0 Å². The molecular formula is C16H32N2O. The van der Waals surface area contributed by atoms with E-state index in [0.717, 1.165) is 31.8 Å². The van der Waals surface area contributed by atoms with Crippen LogP contribution in [-0.2, 0) is 0 Å². The summed E-state index contributed by atoms with van der Waals surface area (Å²) in [6.45, 7) is 1.99. The van der Waals surface area contributed by atoms with Crippen LogP contribution >= 0.6 is 0 Å². The lowest BCUT2D eigenvalue weighted by Crippen LogP contribution is -2.44. The van der Waals surface area contributed by atoms with Gasteiger partial charge in [0.05, 0.1) is 5.60 Å². The molecule has 0 aromatic heterocycles. The zero-order valence-electron chi connectivity index (χ0n) is 12.8. The van der Waals surface area contributed by atoms with Crippen molar-refractivity contribution in [2.75, 3.05) is 27.2 Å². The third kappa shape index (κ3) is 4.44. The minimum absolute atomic E-state index is 0.394. The molecule has 2 atom stereocenters. The first kappa shape index (κ1) is 15.3. The molecule has 2 fully saturated rings. The summed E-state index contributed by atoms with van der Waals surface area (Å²) >= 11 is 0. The largest absolute Gasteiger partial charge is 0.389 e. The number of aliphatic hydroxyl groups is 1. The average molecular weight is 268 g/mol. The summed E-state index contributed by atoms with van der Waals surface area (Å²) in [5, 5.41) is 14.0. The van der Waals surface area contributed by atoms with Crippen LogP contribution in [0.3, 0.4) is 0 Å². The monoisotopic (exact) mass is 268 g/mol. The van der Waals surface area contributed by atoms with Gasteiger partial charge in [-0.2, -0.15) is 0 Å². The summed E-state index contributed by atoms with van der Waals surface area (Å²) < 4.78 is 0. The van der Waals surface area contributed by atoms with E-state index < -0.39 is 5.60 Å². The Bertz CT molecular complexity index is 263. The minimum atomic E-state index is -0.394. The first-order chi connectivity index (χ1) is 9.13. The fraction of sp³-hybridized carbons (Fsp3) is 1.00. The molecule has 0 aromatic rings. The van der Waals surface area contributed by atoms with E-state index in [1.54, 1.807) is 0 Å². The van der Waals surface area contributed by atoms with Crippen molar-refractivity contribution < 1.29 is 5.11 Å². The van der Waals surface area contributed by atoms with Gasteiger partial charge in [-0.15, -0.1) is 0 Å². The molecule has 0 heterocycles. The summed E-state index contributed by atoms with van der Waals surface area (Å²) in [7, 11) is 4.29. The molecule has 112 valence electrons. The van der Waals surface area contributed by atoms with Crippen LogP contribution in [0.1, 0.15) is 57.8 Å². The van der Waals surface area contributed by atoms with E-state index in [9.17, 15) is 5.11 Å². The summed E-state index contributed by atoms with van der Waals surface area (Å²) in [6.07, 6.45) is 11.2. The van der Waals surface area contributed by atoms with Gasteiger partial charge >= 0.3 is 0 Å². The summed E-state index contributed by atoms with van der Waals surface area (Å²) in [4.78, 5) is 2.38. The molecule has 2 N–H and O–H groups in total. The van der Waals surface area contributed by atoms with Gasteiger partial charge in [0.2, 0.25) is 0 Å². The molecule has 3 heteroatoms. The number of hydrogen-bond donors (Lipinski definition) is 2. The van der Waals surface area contributed by atoms with E-state index in [-0.39, 0.29) is 0 Å². The van der Waals surface area contributed by atoms with E-state index in [0.29, 0.717) is 6.04 Å². The summed E-state index contributed by atoms with van der Waals surface area (Å²) in [6, 6.07) is 0.670. The molecule has 0 spiro atoms. The maximum Gasteiger partial charge on any atom is 0.0774 e. The van der Waals surface area contributed by atoms with Crippen molar-refractivity contribution in [1.29, 1.82) is 0 Å². The number of rotatable bonds is 5. The van der Waals surface area contributed by atoms with Crippen molar-refractivity contribution in [3.8, 4) is 0 Å². The van der Waals surface area contributed by atoms with Gasteiger partial charge in [0.25, 0.3) is 0 Å². The van der Waals surface area contributed by atoms with Crippen molar-refractivity contribution >= 4 is 0 Å². The highest BCUT2D eigenvalue weighted by molar-refractivity contribution is 4.88. The molecule has 0 saturated heterocycles. The Hall–Kier alpha value is -0.120. The van der Waals surface area contributed by atoms with E-state index in [4.69, 9.17) is 0 Å². The highest BCUT2D eigenvalue weighted by Crippen LogP contribution is 2.31. The Morgan fingerprint density at radius 3 is 2.47 bits per heavy atom. The van der Waals surface area contributed by atoms with Gasteiger partial charge in [0, 0.05) is 19.1 Å². The molecule has 2 aliphatic carbocycles. The third-order valence-electron chi connectivity index (χ3n) is 5.17. The number of nitrogens with one attached hydrogen (secondary N) is 1. The van der Waals surface area contributed by atoms with Crippen molar-refractivity contribution in [2.45, 2.75) is 69.4 Å². The maximum absolute atomic E-state index is 10.5. The predicted octanol–water partition coefficient (Wildman–Crippen LogP) is 2.39. The van der Waals surface area contributed by atoms with E-state index >= 15 is 0 Å². The lowest BCUT2D eigenvalue weighted by molar-refractivity contribution is 0.0112. The third-order valence-corrected chi connectivity index (χ3v) is 5.17. The van der Waals surface area contributed by atoms with Gasteiger partial charge in [-0.05, 0) is 45.7 Å². The van der Waals surface area contributed by atoms with Gasteiger partial charge < -0.3 is 15.3 Å². The standard InChI is InChI=1S/C16H32N2O/c1-17-15-9-5-3-4-8-14(15)12-18(2)13-16(19)10-6-7-11-16/h14-15,17,19H,3-13H2,1-2H3. The maximum atomic E-state index is 10.5. The van der Waals surface area contributed by atoms with E-state index in [1.165, 1.54) is 44.9 Å². The number of likely N-dealkylation sites (N-methyl/N-ethyl adjacent to an activating group) is 1. The number of hydrogen-bond acceptors (Lipinski definition) is 3. The molecule has 0 bridgehead atoms. The van der Waals surface area contributed by atoms with Crippen molar-refractivity contribution in [3.63, 3.8) is 0 Å². The van der Waals surface area contributed by atoms with Gasteiger partial charge in [-0.3, -0.25) is 0 Å². The predicted molar refractivity (Wildman–Crippen MR) is 80.3 cm³/mol. The van der Waals surface area contributed by atoms with Gasteiger partial charge in [0.15, 0.2) is 0 Å². The van der Waals surface area contributed by atoms with Crippen LogP contribution in [0.4, 0.5) is 0 Å². The van der Waals surface area contributed by atoms with Crippen LogP contribution < -0.4 is 5.32 Å². The van der Waals surface area contributed by atoms with Crippen LogP contribution in [0.15, 0.2) is 0 Å². The lowest BCUT2D eigenvalue weighted by Gasteiger charge is -2.33. The van der Waals surface area contributed by atoms with E-state index in [1.807, 2.05) is 0 Å². The topological polar surface area (TPSA) is 35.5 Å². The first-order valence-corrected chi connectivity index (χ1v) is 8.21. The molecule has 2 saturated carbocycles. The normalized spacial score (nSPS) is 31.6. The highest BCUT2D eigenvalue weighted by Gasteiger charge is 2.33. The van der Waals surface area contributed by atoms with Crippen molar-refractivity contribution in [1.82, 2.24) is 10.2 Å². The van der Waals surface area contributed by atoms with E-state index in [2.05, 4.69) is 24.3 Å². The molecular weight excluding hydrogens is 236 g/mol. The molecule has 0 radical (unpaired) electrons. The first-order valence-electron chi connectivity index (χ1n) is 8.21. The Morgan fingerprint density at radius 2 is 1.79 bits per heavy atom. The van der Waals surface area contributed by atoms with Gasteiger partial charge in [0.1, 0.15) is 0 Å². The Kier molecular flexibility index (Phi) is 5.67. The molecule has 0 aromatic carbocycles. The van der Waals surface area contributed by atoms with Gasteiger partial charge in [-0.25, -0.2) is 0 Å². The highest BCUT2D eigenvalue weighted by atomic mass is 16.3. The van der Waals surface area contributed by atoms with Crippen LogP contribution in [0, 0.1) is 5.92 Å². The molecule has 2 aliphatic rings. The second-order valence-corrected chi connectivity index (χ2v) is 6.92. The van der Waals surface area contributed by atoms with Crippen LogP contribution in [0.25, 0.3) is 0 Å². The van der Waals surface area contributed by atoms with Crippen LogP contribution in [0.5, 0.6) is 0 Å². The lowest BCUT2D eigenvalue weighted by atomic mass is 9.93. The van der Waals surface area contributed by atoms with Crippen LogP contribution in [0.2, 0.25) is 0 Å². The zero-order valence-corrected chi connectivity index (χ0v) is 12.8. The average Bonchev–Trinajstić information content (AvgIpc) is 2.66. The SMILES string of the molecule is CNC1CCCCCC1CN(C)CC1(O)CCCC1. The quantitative estimate of drug-likeness (QED) is 0.752. The summed E-state index contributed by atoms with van der Waals surface area (Å²) in [5.41, 5.74) is -0.394. The minimum Gasteiger partial charge on any atom is -0.389 e. The molecule has 2 rings (SSSR count). The Morgan fingerprint density at radius 1 is 1.11 bits per heavy atom. The van der Waals surface area contributed by atoms with Gasteiger partial charge in [-0.1, -0.05) is 32.1 Å². The molecule has 19 heavy (non-hydrogen) atoms.